The molecule has 0 radical (unpaired) electrons. The van der Waals surface area contributed by atoms with Crippen molar-refractivity contribution in [2.75, 3.05) is 11.5 Å². The number of amides is 1. The molecule has 1 unspecified atom stereocenters. The first kappa shape index (κ1) is 11.9. The third kappa shape index (κ3) is 2.95. The molecular weight excluding hydrogens is 230 g/mol. The molecule has 1 aliphatic heterocycles. The molecule has 92 valence electrons. The Balaban J connectivity index is 1.76. The highest BCUT2D eigenvalue weighted by atomic mass is 32.2. The second-order valence-corrected chi connectivity index (χ2v) is 6.82. The number of carbonyl (C=O) groups is 1. The van der Waals surface area contributed by atoms with E-state index < -0.39 is 15.8 Å². The summed E-state index contributed by atoms with van der Waals surface area (Å²) in [7, 11) is -2.99. The number of hydroxylamine groups is 1. The van der Waals surface area contributed by atoms with Crippen molar-refractivity contribution in [3.8, 4) is 0 Å². The van der Waals surface area contributed by atoms with Crippen LogP contribution in [-0.2, 0) is 19.5 Å². The van der Waals surface area contributed by atoms with E-state index in [-0.39, 0.29) is 23.5 Å². The van der Waals surface area contributed by atoms with Crippen LogP contribution in [-0.4, -0.2) is 31.9 Å². The summed E-state index contributed by atoms with van der Waals surface area (Å²) in [6.07, 6.45) is 4.76. The highest BCUT2D eigenvalue weighted by Crippen LogP contribution is 2.21. The SMILES string of the molecule is O=C(NOC1CCCC1)C1CCS(=O)(=O)C1. The number of carbonyl (C=O) groups excluding carboxylic acids is 1. The van der Waals surface area contributed by atoms with E-state index in [1.54, 1.807) is 0 Å². The lowest BCUT2D eigenvalue weighted by molar-refractivity contribution is -0.141. The lowest BCUT2D eigenvalue weighted by Crippen LogP contribution is -2.34. The number of rotatable bonds is 3. The van der Waals surface area contributed by atoms with Gasteiger partial charge in [-0.2, -0.15) is 0 Å². The third-order valence-corrected chi connectivity index (χ3v) is 5.00. The second-order valence-electron chi connectivity index (χ2n) is 4.59. The summed E-state index contributed by atoms with van der Waals surface area (Å²) in [6, 6.07) is 0. The van der Waals surface area contributed by atoms with Gasteiger partial charge in [-0.3, -0.25) is 9.63 Å². The molecule has 5 nitrogen and oxygen atoms in total. The van der Waals surface area contributed by atoms with E-state index in [0.717, 1.165) is 25.7 Å². The van der Waals surface area contributed by atoms with Crippen LogP contribution in [0.4, 0.5) is 0 Å². The van der Waals surface area contributed by atoms with Gasteiger partial charge in [-0.05, 0) is 19.3 Å². The molecule has 0 bridgehead atoms. The average Bonchev–Trinajstić information content (AvgIpc) is 2.83. The summed E-state index contributed by atoms with van der Waals surface area (Å²) < 4.78 is 22.4. The Morgan fingerprint density at radius 1 is 1.19 bits per heavy atom. The van der Waals surface area contributed by atoms with Gasteiger partial charge >= 0.3 is 0 Å². The van der Waals surface area contributed by atoms with Crippen molar-refractivity contribution in [2.24, 2.45) is 5.92 Å². The van der Waals surface area contributed by atoms with Gasteiger partial charge in [-0.25, -0.2) is 13.9 Å². The van der Waals surface area contributed by atoms with Crippen LogP contribution < -0.4 is 5.48 Å². The van der Waals surface area contributed by atoms with Gasteiger partial charge in [0, 0.05) is 0 Å². The summed E-state index contributed by atoms with van der Waals surface area (Å²) in [4.78, 5) is 16.8. The molecule has 2 fully saturated rings. The van der Waals surface area contributed by atoms with E-state index in [1.165, 1.54) is 0 Å². The molecule has 1 N–H and O–H groups in total. The van der Waals surface area contributed by atoms with Gasteiger partial charge in [0.25, 0.3) is 0 Å². The summed E-state index contributed by atoms with van der Waals surface area (Å²) in [5, 5.41) is 0. The summed E-state index contributed by atoms with van der Waals surface area (Å²) in [5.41, 5.74) is 2.40. The molecule has 0 aromatic heterocycles. The molecule has 1 saturated heterocycles. The van der Waals surface area contributed by atoms with Crippen molar-refractivity contribution in [1.82, 2.24) is 5.48 Å². The Morgan fingerprint density at radius 3 is 2.44 bits per heavy atom. The van der Waals surface area contributed by atoms with Gasteiger partial charge in [0.15, 0.2) is 9.84 Å². The van der Waals surface area contributed by atoms with Crippen LogP contribution in [0.25, 0.3) is 0 Å². The molecule has 0 aromatic carbocycles. The van der Waals surface area contributed by atoms with Gasteiger partial charge in [-0.1, -0.05) is 12.8 Å². The molecule has 16 heavy (non-hydrogen) atoms. The zero-order valence-corrected chi connectivity index (χ0v) is 9.96. The number of hydrogen-bond acceptors (Lipinski definition) is 4. The second kappa shape index (κ2) is 4.71. The largest absolute Gasteiger partial charge is 0.272 e. The normalized spacial score (nSPS) is 29.4. The van der Waals surface area contributed by atoms with Gasteiger partial charge in [-0.15, -0.1) is 0 Å². The van der Waals surface area contributed by atoms with Crippen molar-refractivity contribution in [3.05, 3.63) is 0 Å². The Kier molecular flexibility index (Phi) is 3.49. The van der Waals surface area contributed by atoms with Crippen molar-refractivity contribution >= 4 is 15.7 Å². The Bertz CT molecular complexity index is 359. The molecule has 2 rings (SSSR count). The maximum Gasteiger partial charge on any atom is 0.247 e. The lowest BCUT2D eigenvalue weighted by Gasteiger charge is -2.13. The Morgan fingerprint density at radius 2 is 1.88 bits per heavy atom. The van der Waals surface area contributed by atoms with E-state index in [4.69, 9.17) is 4.84 Å². The van der Waals surface area contributed by atoms with Gasteiger partial charge in [0.1, 0.15) is 0 Å². The van der Waals surface area contributed by atoms with E-state index in [2.05, 4.69) is 5.48 Å². The highest BCUT2D eigenvalue weighted by molar-refractivity contribution is 7.91. The fraction of sp³-hybridized carbons (Fsp3) is 0.900. The van der Waals surface area contributed by atoms with Crippen LogP contribution in [0, 0.1) is 5.92 Å². The smallest absolute Gasteiger partial charge is 0.247 e. The van der Waals surface area contributed by atoms with Gasteiger partial charge in [0.05, 0.1) is 23.5 Å². The van der Waals surface area contributed by atoms with E-state index >= 15 is 0 Å². The quantitative estimate of drug-likeness (QED) is 0.733. The highest BCUT2D eigenvalue weighted by Gasteiger charge is 2.33. The standard InChI is InChI=1S/C10H17NO4S/c12-10(8-5-6-16(13,14)7-8)11-15-9-3-1-2-4-9/h8-9H,1-7H2,(H,11,12). The monoisotopic (exact) mass is 247 g/mol. The van der Waals surface area contributed by atoms with Crippen LogP contribution in [0.2, 0.25) is 0 Å². The Hall–Kier alpha value is -0.620. The van der Waals surface area contributed by atoms with Crippen LogP contribution >= 0.6 is 0 Å². The van der Waals surface area contributed by atoms with Crippen molar-refractivity contribution < 1.29 is 18.0 Å². The zero-order chi connectivity index (χ0) is 11.6. The van der Waals surface area contributed by atoms with Crippen LogP contribution in [0.15, 0.2) is 0 Å². The molecule has 0 spiro atoms. The molecule has 1 heterocycles. The molecule has 2 aliphatic rings. The van der Waals surface area contributed by atoms with Gasteiger partial charge in [0.2, 0.25) is 5.91 Å². The fourth-order valence-corrected chi connectivity index (χ4v) is 3.97. The molecule has 1 atom stereocenters. The van der Waals surface area contributed by atoms with Crippen molar-refractivity contribution in [1.29, 1.82) is 0 Å². The van der Waals surface area contributed by atoms with Crippen molar-refractivity contribution in [3.63, 3.8) is 0 Å². The van der Waals surface area contributed by atoms with Crippen LogP contribution in [0.3, 0.4) is 0 Å². The van der Waals surface area contributed by atoms with E-state index in [9.17, 15) is 13.2 Å². The summed E-state index contributed by atoms with van der Waals surface area (Å²) >= 11 is 0. The predicted octanol–water partition coefficient (Wildman–Crippen LogP) is 0.411. The van der Waals surface area contributed by atoms with E-state index in [0.29, 0.717) is 6.42 Å². The minimum absolute atomic E-state index is 0.0349. The number of hydrogen-bond donors (Lipinski definition) is 1. The minimum Gasteiger partial charge on any atom is -0.272 e. The number of sulfone groups is 1. The van der Waals surface area contributed by atoms with Crippen LogP contribution in [0.1, 0.15) is 32.1 Å². The molecule has 1 amide bonds. The maximum atomic E-state index is 11.6. The zero-order valence-electron chi connectivity index (χ0n) is 9.15. The lowest BCUT2D eigenvalue weighted by atomic mass is 10.1. The minimum atomic E-state index is -2.99. The maximum absolute atomic E-state index is 11.6. The topological polar surface area (TPSA) is 72.5 Å². The summed E-state index contributed by atoms with van der Waals surface area (Å²) in [6.45, 7) is 0. The van der Waals surface area contributed by atoms with Gasteiger partial charge < -0.3 is 0 Å². The predicted molar refractivity (Wildman–Crippen MR) is 58.2 cm³/mol. The molecule has 1 saturated carbocycles. The van der Waals surface area contributed by atoms with E-state index in [1.807, 2.05) is 0 Å². The Labute approximate surface area is 95.4 Å². The van der Waals surface area contributed by atoms with Crippen molar-refractivity contribution in [2.45, 2.75) is 38.2 Å². The number of nitrogens with one attached hydrogen (secondary N) is 1. The first-order chi connectivity index (χ1) is 7.57. The fourth-order valence-electron chi connectivity index (χ4n) is 2.23. The first-order valence-electron chi connectivity index (χ1n) is 5.73. The third-order valence-electron chi connectivity index (χ3n) is 3.23. The molecular formula is C10H17NO4S. The molecule has 1 aliphatic carbocycles. The summed E-state index contributed by atoms with van der Waals surface area (Å²) in [5.74, 6) is -0.624. The molecule has 0 aromatic rings. The van der Waals surface area contributed by atoms with Crippen LogP contribution in [0.5, 0.6) is 0 Å². The average molecular weight is 247 g/mol. The first-order valence-corrected chi connectivity index (χ1v) is 7.55. The molecule has 6 heteroatoms.